The van der Waals surface area contributed by atoms with Gasteiger partial charge in [0.25, 0.3) is 0 Å². The van der Waals surface area contributed by atoms with Crippen LogP contribution in [0.3, 0.4) is 0 Å². The largest absolute Gasteiger partial charge is 0.206 e. The fraction of sp³-hybridized carbons (Fsp3) is 0.143. The van der Waals surface area contributed by atoms with E-state index in [0.717, 1.165) is 11.1 Å². The van der Waals surface area contributed by atoms with E-state index in [0.29, 0.717) is 11.1 Å². The molecule has 0 radical (unpaired) electrons. The summed E-state index contributed by atoms with van der Waals surface area (Å²) in [7, 11) is 0. The second kappa shape index (κ2) is 4.05. The van der Waals surface area contributed by atoms with E-state index < -0.39 is 11.6 Å². The van der Waals surface area contributed by atoms with Gasteiger partial charge in [0.1, 0.15) is 11.6 Å². The number of aryl methyl sites for hydroxylation is 2. The first-order chi connectivity index (χ1) is 7.58. The van der Waals surface area contributed by atoms with Crippen LogP contribution < -0.4 is 0 Å². The van der Waals surface area contributed by atoms with Crippen molar-refractivity contribution in [3.63, 3.8) is 0 Å². The Kier molecular flexibility index (Phi) is 2.73. The number of rotatable bonds is 1. The van der Waals surface area contributed by atoms with Crippen molar-refractivity contribution in [2.75, 3.05) is 0 Å². The third kappa shape index (κ3) is 1.96. The molecule has 0 nitrogen and oxygen atoms in total. The molecule has 82 valence electrons. The molecule has 2 aromatic rings. The summed E-state index contributed by atoms with van der Waals surface area (Å²) < 4.78 is 27.2. The van der Waals surface area contributed by atoms with Gasteiger partial charge in [0.15, 0.2) is 0 Å². The van der Waals surface area contributed by atoms with Crippen molar-refractivity contribution in [1.29, 1.82) is 0 Å². The number of hydrogen-bond donors (Lipinski definition) is 0. The van der Waals surface area contributed by atoms with E-state index >= 15 is 0 Å². The SMILES string of the molecule is Cc1ccc(F)c(-c2cc(C)ccc2F)c1. The smallest absolute Gasteiger partial charge is 0.131 e. The van der Waals surface area contributed by atoms with Crippen molar-refractivity contribution in [3.8, 4) is 11.1 Å². The molecule has 2 aromatic carbocycles. The Bertz CT molecular complexity index is 481. The van der Waals surface area contributed by atoms with Gasteiger partial charge in [0.05, 0.1) is 0 Å². The molecule has 0 heterocycles. The van der Waals surface area contributed by atoms with Gasteiger partial charge in [-0.1, -0.05) is 23.3 Å². The maximum atomic E-state index is 13.6. The Morgan fingerprint density at radius 2 is 1.06 bits per heavy atom. The molecule has 0 aromatic heterocycles. The predicted molar refractivity (Wildman–Crippen MR) is 61.3 cm³/mol. The van der Waals surface area contributed by atoms with Crippen LogP contribution in [0.5, 0.6) is 0 Å². The summed E-state index contributed by atoms with van der Waals surface area (Å²) in [6.45, 7) is 3.72. The van der Waals surface area contributed by atoms with Crippen molar-refractivity contribution in [2.45, 2.75) is 13.8 Å². The van der Waals surface area contributed by atoms with E-state index in [-0.39, 0.29) is 0 Å². The van der Waals surface area contributed by atoms with Crippen molar-refractivity contribution in [3.05, 3.63) is 59.2 Å². The van der Waals surface area contributed by atoms with Crippen LogP contribution in [0.1, 0.15) is 11.1 Å². The van der Waals surface area contributed by atoms with E-state index in [1.807, 2.05) is 13.8 Å². The van der Waals surface area contributed by atoms with Crippen LogP contribution in [-0.2, 0) is 0 Å². The van der Waals surface area contributed by atoms with Crippen LogP contribution in [-0.4, -0.2) is 0 Å². The van der Waals surface area contributed by atoms with E-state index in [1.165, 1.54) is 12.1 Å². The summed E-state index contributed by atoms with van der Waals surface area (Å²) in [5, 5.41) is 0. The molecule has 0 unspecified atom stereocenters. The van der Waals surface area contributed by atoms with E-state index in [2.05, 4.69) is 0 Å². The zero-order valence-corrected chi connectivity index (χ0v) is 9.22. The molecule has 0 aliphatic rings. The highest BCUT2D eigenvalue weighted by Crippen LogP contribution is 2.27. The lowest BCUT2D eigenvalue weighted by molar-refractivity contribution is 0.616. The summed E-state index contributed by atoms with van der Waals surface area (Å²) in [4.78, 5) is 0. The van der Waals surface area contributed by atoms with Crippen LogP contribution in [0.15, 0.2) is 36.4 Å². The molecule has 0 amide bonds. The molecule has 16 heavy (non-hydrogen) atoms. The van der Waals surface area contributed by atoms with Crippen LogP contribution in [0.2, 0.25) is 0 Å². The third-order valence-corrected chi connectivity index (χ3v) is 2.53. The second-order valence-corrected chi connectivity index (χ2v) is 3.97. The summed E-state index contributed by atoms with van der Waals surface area (Å²) in [6, 6.07) is 9.40. The van der Waals surface area contributed by atoms with Gasteiger partial charge >= 0.3 is 0 Å². The number of halogens is 2. The average Bonchev–Trinajstić information content (AvgIpc) is 2.25. The van der Waals surface area contributed by atoms with Crippen LogP contribution in [0, 0.1) is 25.5 Å². The van der Waals surface area contributed by atoms with Crippen LogP contribution in [0.4, 0.5) is 8.78 Å². The molecular weight excluding hydrogens is 206 g/mol. The Labute approximate surface area is 93.5 Å². The average molecular weight is 218 g/mol. The van der Waals surface area contributed by atoms with E-state index in [4.69, 9.17) is 0 Å². The fourth-order valence-corrected chi connectivity index (χ4v) is 1.69. The maximum absolute atomic E-state index is 13.6. The van der Waals surface area contributed by atoms with Gasteiger partial charge < -0.3 is 0 Å². The molecular formula is C14H12F2. The van der Waals surface area contributed by atoms with Gasteiger partial charge in [-0.25, -0.2) is 8.78 Å². The highest BCUT2D eigenvalue weighted by atomic mass is 19.1. The zero-order valence-electron chi connectivity index (χ0n) is 9.22. The summed E-state index contributed by atoms with van der Waals surface area (Å²) >= 11 is 0. The lowest BCUT2D eigenvalue weighted by atomic mass is 10.0. The molecule has 2 heteroatoms. The van der Waals surface area contributed by atoms with Crippen molar-refractivity contribution in [2.24, 2.45) is 0 Å². The molecule has 0 spiro atoms. The van der Waals surface area contributed by atoms with Gasteiger partial charge in [0, 0.05) is 11.1 Å². The minimum absolute atomic E-state index is 0.321. The first kappa shape index (κ1) is 10.8. The van der Waals surface area contributed by atoms with Crippen LogP contribution >= 0.6 is 0 Å². The predicted octanol–water partition coefficient (Wildman–Crippen LogP) is 4.25. The Hall–Kier alpha value is -1.70. The quantitative estimate of drug-likeness (QED) is 0.671. The topological polar surface area (TPSA) is 0 Å². The summed E-state index contributed by atoms with van der Waals surface area (Å²) in [5.74, 6) is -0.787. The van der Waals surface area contributed by atoms with Crippen molar-refractivity contribution in [1.82, 2.24) is 0 Å². The molecule has 0 N–H and O–H groups in total. The van der Waals surface area contributed by atoms with Gasteiger partial charge in [-0.2, -0.15) is 0 Å². The fourth-order valence-electron chi connectivity index (χ4n) is 1.69. The first-order valence-corrected chi connectivity index (χ1v) is 5.10. The Morgan fingerprint density at radius 3 is 1.44 bits per heavy atom. The van der Waals surface area contributed by atoms with Crippen molar-refractivity contribution < 1.29 is 8.78 Å². The minimum Gasteiger partial charge on any atom is -0.206 e. The zero-order chi connectivity index (χ0) is 11.7. The van der Waals surface area contributed by atoms with E-state index in [9.17, 15) is 8.78 Å². The van der Waals surface area contributed by atoms with Gasteiger partial charge in [-0.15, -0.1) is 0 Å². The van der Waals surface area contributed by atoms with Gasteiger partial charge in [0.2, 0.25) is 0 Å². The third-order valence-electron chi connectivity index (χ3n) is 2.53. The molecule has 2 rings (SSSR count). The summed E-state index contributed by atoms with van der Waals surface area (Å²) in [5.41, 5.74) is 2.47. The van der Waals surface area contributed by atoms with E-state index in [1.54, 1.807) is 24.3 Å². The van der Waals surface area contributed by atoms with Crippen LogP contribution in [0.25, 0.3) is 11.1 Å². The molecule has 0 aliphatic carbocycles. The highest BCUT2D eigenvalue weighted by molar-refractivity contribution is 5.66. The highest BCUT2D eigenvalue weighted by Gasteiger charge is 2.10. The molecule has 0 saturated heterocycles. The second-order valence-electron chi connectivity index (χ2n) is 3.97. The first-order valence-electron chi connectivity index (χ1n) is 5.10. The van der Waals surface area contributed by atoms with Gasteiger partial charge in [-0.05, 0) is 38.1 Å². The minimum atomic E-state index is -0.393. The Balaban J connectivity index is 2.66. The van der Waals surface area contributed by atoms with Gasteiger partial charge in [-0.3, -0.25) is 0 Å². The monoisotopic (exact) mass is 218 g/mol. The molecule has 0 saturated carbocycles. The molecule has 0 bridgehead atoms. The molecule has 0 fully saturated rings. The molecule has 0 atom stereocenters. The normalized spacial score (nSPS) is 10.5. The lowest BCUT2D eigenvalue weighted by Crippen LogP contribution is -1.90. The Morgan fingerprint density at radius 1 is 0.688 bits per heavy atom. The number of benzene rings is 2. The standard InChI is InChI=1S/C14H12F2/c1-9-3-5-13(15)11(7-9)12-8-10(2)4-6-14(12)16/h3-8H,1-2H3. The lowest BCUT2D eigenvalue weighted by Gasteiger charge is -2.07. The molecule has 0 aliphatic heterocycles. The maximum Gasteiger partial charge on any atom is 0.131 e. The van der Waals surface area contributed by atoms with Crippen molar-refractivity contribution >= 4 is 0 Å². The number of hydrogen-bond acceptors (Lipinski definition) is 0. The summed E-state index contributed by atoms with van der Waals surface area (Å²) in [6.07, 6.45) is 0.